The van der Waals surface area contributed by atoms with Crippen LogP contribution in [0.3, 0.4) is 0 Å². The van der Waals surface area contributed by atoms with Gasteiger partial charge in [0.2, 0.25) is 5.91 Å². The quantitative estimate of drug-likeness (QED) is 0.712. The molecule has 0 aliphatic rings. The largest absolute Gasteiger partial charge is 0.323 e. The highest BCUT2D eigenvalue weighted by Crippen LogP contribution is 2.24. The van der Waals surface area contributed by atoms with E-state index in [1.807, 2.05) is 18.2 Å². The summed E-state index contributed by atoms with van der Waals surface area (Å²) < 4.78 is 13.9. The monoisotopic (exact) mass is 354 g/mol. The summed E-state index contributed by atoms with van der Waals surface area (Å²) in [4.78, 5) is 17.1. The average molecular weight is 355 g/mol. The maximum Gasteiger partial charge on any atom is 0.232 e. The number of anilines is 1. The van der Waals surface area contributed by atoms with E-state index >= 15 is 0 Å². The summed E-state index contributed by atoms with van der Waals surface area (Å²) in [5.41, 5.74) is 1.74. The molecule has 3 rings (SSSR count). The molecule has 0 saturated heterocycles. The fraction of sp³-hybridized carbons (Fsp3) is 0.100. The number of benzene rings is 2. The van der Waals surface area contributed by atoms with E-state index in [0.717, 1.165) is 11.3 Å². The maximum atomic E-state index is 13.9. The van der Waals surface area contributed by atoms with E-state index in [-0.39, 0.29) is 11.6 Å². The van der Waals surface area contributed by atoms with Crippen LogP contribution in [-0.4, -0.2) is 10.9 Å². The van der Waals surface area contributed by atoms with E-state index in [2.05, 4.69) is 10.3 Å². The lowest BCUT2D eigenvalue weighted by Crippen LogP contribution is -2.23. The molecule has 0 bridgehead atoms. The second kappa shape index (κ2) is 7.90. The van der Waals surface area contributed by atoms with Crippen molar-refractivity contribution in [3.8, 4) is 0 Å². The highest BCUT2D eigenvalue weighted by Gasteiger charge is 2.22. The molecule has 2 aromatic carbocycles. The normalized spacial score (nSPS) is 11.8. The molecule has 3 nitrogen and oxygen atoms in total. The van der Waals surface area contributed by atoms with E-state index in [9.17, 15) is 9.18 Å². The van der Waals surface area contributed by atoms with E-state index in [4.69, 9.17) is 11.6 Å². The van der Waals surface area contributed by atoms with Gasteiger partial charge in [-0.25, -0.2) is 4.39 Å². The minimum atomic E-state index is -0.508. The Hall–Kier alpha value is -2.72. The SMILES string of the molecule is O=C(Nc1ccccc1F)C(Cc1ccccn1)c1ccc(Cl)cc1. The lowest BCUT2D eigenvalue weighted by atomic mass is 9.93. The molecule has 0 fully saturated rings. The van der Waals surface area contributed by atoms with Gasteiger partial charge >= 0.3 is 0 Å². The van der Waals surface area contributed by atoms with Crippen LogP contribution in [0.1, 0.15) is 17.2 Å². The third kappa shape index (κ3) is 4.43. The summed E-state index contributed by atoms with van der Waals surface area (Å²) >= 11 is 5.94. The lowest BCUT2D eigenvalue weighted by Gasteiger charge is -2.17. The molecule has 1 unspecified atom stereocenters. The number of carbonyl (C=O) groups is 1. The Kier molecular flexibility index (Phi) is 5.41. The zero-order valence-electron chi connectivity index (χ0n) is 13.3. The van der Waals surface area contributed by atoms with Gasteiger partial charge < -0.3 is 5.32 Å². The third-order valence-corrected chi connectivity index (χ3v) is 4.11. The topological polar surface area (TPSA) is 42.0 Å². The Labute approximate surface area is 150 Å². The summed E-state index contributed by atoms with van der Waals surface area (Å²) in [5, 5.41) is 3.26. The van der Waals surface area contributed by atoms with Gasteiger partial charge in [0.15, 0.2) is 0 Å². The molecule has 0 spiro atoms. The predicted molar refractivity (Wildman–Crippen MR) is 97.2 cm³/mol. The molecular formula is C20H16ClFN2O. The minimum absolute atomic E-state index is 0.160. The predicted octanol–water partition coefficient (Wildman–Crippen LogP) is 4.84. The molecule has 0 radical (unpaired) electrons. The molecule has 3 aromatic rings. The van der Waals surface area contributed by atoms with Crippen molar-refractivity contribution in [1.29, 1.82) is 0 Å². The van der Waals surface area contributed by atoms with Gasteiger partial charge in [0.1, 0.15) is 5.82 Å². The van der Waals surface area contributed by atoms with Gasteiger partial charge in [0.25, 0.3) is 0 Å². The molecule has 126 valence electrons. The van der Waals surface area contributed by atoms with Crippen molar-refractivity contribution >= 4 is 23.2 Å². The summed E-state index contributed by atoms with van der Waals surface area (Å²) in [5.74, 6) is -1.27. The van der Waals surface area contributed by atoms with Gasteiger partial charge in [-0.05, 0) is 42.0 Å². The van der Waals surface area contributed by atoms with Crippen LogP contribution in [-0.2, 0) is 11.2 Å². The minimum Gasteiger partial charge on any atom is -0.323 e. The summed E-state index contributed by atoms with van der Waals surface area (Å²) in [6.07, 6.45) is 2.09. The number of hydrogen-bond acceptors (Lipinski definition) is 2. The highest BCUT2D eigenvalue weighted by molar-refractivity contribution is 6.30. The standard InChI is InChI=1S/C20H16ClFN2O/c21-15-10-8-14(9-11-15)17(13-16-5-3-4-12-23-16)20(25)24-19-7-2-1-6-18(19)22/h1-12,17H,13H2,(H,24,25). The number of pyridine rings is 1. The first-order valence-corrected chi connectivity index (χ1v) is 8.22. The van der Waals surface area contributed by atoms with Crippen molar-refractivity contribution in [2.45, 2.75) is 12.3 Å². The number of rotatable bonds is 5. The average Bonchev–Trinajstić information content (AvgIpc) is 2.63. The van der Waals surface area contributed by atoms with Crippen molar-refractivity contribution in [2.24, 2.45) is 0 Å². The lowest BCUT2D eigenvalue weighted by molar-refractivity contribution is -0.117. The second-order valence-electron chi connectivity index (χ2n) is 5.60. The van der Waals surface area contributed by atoms with E-state index < -0.39 is 11.7 Å². The highest BCUT2D eigenvalue weighted by atomic mass is 35.5. The van der Waals surface area contributed by atoms with Crippen LogP contribution in [0.2, 0.25) is 5.02 Å². The molecule has 1 N–H and O–H groups in total. The van der Waals surface area contributed by atoms with Crippen LogP contribution in [0.25, 0.3) is 0 Å². The maximum absolute atomic E-state index is 13.9. The molecule has 1 amide bonds. The molecule has 0 saturated carbocycles. The Morgan fingerprint density at radius 3 is 2.44 bits per heavy atom. The number of aromatic nitrogens is 1. The number of carbonyl (C=O) groups excluding carboxylic acids is 1. The molecule has 25 heavy (non-hydrogen) atoms. The molecule has 1 heterocycles. The van der Waals surface area contributed by atoms with Crippen molar-refractivity contribution < 1.29 is 9.18 Å². The summed E-state index contributed by atoms with van der Waals surface area (Å²) in [6, 6.07) is 18.7. The van der Waals surface area contributed by atoms with Crippen LogP contribution in [0.5, 0.6) is 0 Å². The molecule has 1 atom stereocenters. The van der Waals surface area contributed by atoms with Crippen molar-refractivity contribution in [3.63, 3.8) is 0 Å². The second-order valence-corrected chi connectivity index (χ2v) is 6.03. The zero-order chi connectivity index (χ0) is 17.6. The van der Waals surface area contributed by atoms with Gasteiger partial charge in [-0.15, -0.1) is 0 Å². The zero-order valence-corrected chi connectivity index (χ0v) is 14.1. The summed E-state index contributed by atoms with van der Waals surface area (Å²) in [7, 11) is 0. The number of amides is 1. The van der Waals surface area contributed by atoms with Crippen molar-refractivity contribution in [2.75, 3.05) is 5.32 Å². The summed E-state index contributed by atoms with van der Waals surface area (Å²) in [6.45, 7) is 0. The third-order valence-electron chi connectivity index (χ3n) is 3.86. The number of hydrogen-bond donors (Lipinski definition) is 1. The van der Waals surface area contributed by atoms with Crippen LogP contribution in [0.15, 0.2) is 72.9 Å². The number of halogens is 2. The molecule has 0 aliphatic heterocycles. The Bertz CT molecular complexity index is 853. The van der Waals surface area contributed by atoms with Crippen LogP contribution >= 0.6 is 11.6 Å². The Balaban J connectivity index is 1.88. The Morgan fingerprint density at radius 1 is 1.04 bits per heavy atom. The molecule has 0 aliphatic carbocycles. The van der Waals surface area contributed by atoms with Gasteiger partial charge in [-0.3, -0.25) is 9.78 Å². The Morgan fingerprint density at radius 2 is 1.76 bits per heavy atom. The first-order valence-electron chi connectivity index (χ1n) is 7.84. The van der Waals surface area contributed by atoms with Crippen molar-refractivity contribution in [1.82, 2.24) is 4.98 Å². The molecule has 1 aromatic heterocycles. The van der Waals surface area contributed by atoms with E-state index in [1.54, 1.807) is 42.6 Å². The smallest absolute Gasteiger partial charge is 0.232 e. The first-order chi connectivity index (χ1) is 12.1. The van der Waals surface area contributed by atoms with Crippen LogP contribution in [0.4, 0.5) is 10.1 Å². The van der Waals surface area contributed by atoms with Crippen molar-refractivity contribution in [3.05, 3.63) is 95.0 Å². The number of nitrogens with one attached hydrogen (secondary N) is 1. The fourth-order valence-corrected chi connectivity index (χ4v) is 2.69. The van der Waals surface area contributed by atoms with Gasteiger partial charge in [-0.2, -0.15) is 0 Å². The van der Waals surface area contributed by atoms with E-state index in [0.29, 0.717) is 11.4 Å². The van der Waals surface area contributed by atoms with Gasteiger partial charge in [-0.1, -0.05) is 41.9 Å². The van der Waals surface area contributed by atoms with Gasteiger partial charge in [0, 0.05) is 23.3 Å². The molecule has 5 heteroatoms. The van der Waals surface area contributed by atoms with Crippen LogP contribution < -0.4 is 5.32 Å². The fourth-order valence-electron chi connectivity index (χ4n) is 2.57. The van der Waals surface area contributed by atoms with Crippen LogP contribution in [0, 0.1) is 5.82 Å². The van der Waals surface area contributed by atoms with E-state index in [1.165, 1.54) is 12.1 Å². The first kappa shape index (κ1) is 17.1. The van der Waals surface area contributed by atoms with Gasteiger partial charge in [0.05, 0.1) is 11.6 Å². The molecular weight excluding hydrogens is 339 g/mol. The number of para-hydroxylation sites is 1. The number of nitrogens with zero attached hydrogens (tertiary/aromatic N) is 1.